The number of halogens is 5. The van der Waals surface area contributed by atoms with Crippen LogP contribution >= 0.6 is 0 Å². The van der Waals surface area contributed by atoms with Crippen LogP contribution in [0.15, 0.2) is 66.7 Å². The lowest BCUT2D eigenvalue weighted by molar-refractivity contribution is -0.139. The van der Waals surface area contributed by atoms with Gasteiger partial charge in [0.1, 0.15) is 17.3 Å². The molecule has 0 radical (unpaired) electrons. The number of carbonyl (C=O) groups excluding carboxylic acids is 1. The normalized spacial score (nSPS) is 16.2. The molecule has 2 heterocycles. The molecule has 196 valence electrons. The first-order valence-electron chi connectivity index (χ1n) is 12.0. The first kappa shape index (κ1) is 25.6. The van der Waals surface area contributed by atoms with Crippen LogP contribution < -0.4 is 4.90 Å². The van der Waals surface area contributed by atoms with Crippen molar-refractivity contribution in [3.63, 3.8) is 0 Å². The Labute approximate surface area is 215 Å². The second-order valence-electron chi connectivity index (χ2n) is 9.28. The molecule has 5 nitrogen and oxygen atoms in total. The Bertz CT molecular complexity index is 1490. The Balaban J connectivity index is 1.37. The second-order valence-corrected chi connectivity index (χ2v) is 9.28. The van der Waals surface area contributed by atoms with E-state index in [-0.39, 0.29) is 30.5 Å². The molecule has 0 unspecified atom stereocenters. The summed E-state index contributed by atoms with van der Waals surface area (Å²) < 4.78 is 67.0. The summed E-state index contributed by atoms with van der Waals surface area (Å²) in [6.45, 7) is 2.86. The predicted molar refractivity (Wildman–Crippen MR) is 133 cm³/mol. The van der Waals surface area contributed by atoms with Crippen LogP contribution in [0.2, 0.25) is 0 Å². The summed E-state index contributed by atoms with van der Waals surface area (Å²) in [7, 11) is 0. The minimum atomic E-state index is -4.76. The van der Waals surface area contributed by atoms with Crippen molar-refractivity contribution in [2.75, 3.05) is 24.5 Å². The second kappa shape index (κ2) is 10.00. The van der Waals surface area contributed by atoms with Gasteiger partial charge in [-0.25, -0.2) is 8.78 Å². The van der Waals surface area contributed by atoms with E-state index in [4.69, 9.17) is 0 Å². The predicted octanol–water partition coefficient (Wildman–Crippen LogP) is 5.87. The highest BCUT2D eigenvalue weighted by atomic mass is 19.4. The molecule has 1 saturated heterocycles. The number of nitrogens with zero attached hydrogens (tertiary/aromatic N) is 4. The number of alkyl halides is 3. The van der Waals surface area contributed by atoms with Gasteiger partial charge in [-0.05, 0) is 48.9 Å². The van der Waals surface area contributed by atoms with Crippen LogP contribution in [0, 0.1) is 11.6 Å². The van der Waals surface area contributed by atoms with Gasteiger partial charge in [-0.1, -0.05) is 30.3 Å². The number of piperazine rings is 1. The number of fused-ring (bicyclic) bond motifs is 1. The highest BCUT2D eigenvalue weighted by Gasteiger charge is 2.35. The molecule has 0 saturated carbocycles. The fourth-order valence-electron chi connectivity index (χ4n) is 4.86. The molecule has 0 aliphatic carbocycles. The van der Waals surface area contributed by atoms with Gasteiger partial charge in [0.25, 0.3) is 0 Å². The van der Waals surface area contributed by atoms with E-state index in [0.717, 1.165) is 28.5 Å². The maximum atomic E-state index is 13.4. The lowest BCUT2D eigenvalue weighted by Crippen LogP contribution is -2.54. The van der Waals surface area contributed by atoms with Gasteiger partial charge in [-0.2, -0.15) is 13.2 Å². The average Bonchev–Trinajstić information content (AvgIpc) is 2.89. The van der Waals surface area contributed by atoms with E-state index >= 15 is 0 Å². The van der Waals surface area contributed by atoms with Crippen molar-refractivity contribution in [1.82, 2.24) is 15.1 Å². The van der Waals surface area contributed by atoms with Crippen LogP contribution in [-0.4, -0.2) is 46.7 Å². The minimum absolute atomic E-state index is 0.197. The van der Waals surface area contributed by atoms with Gasteiger partial charge in [-0.15, -0.1) is 10.2 Å². The molecule has 1 atom stereocenters. The van der Waals surface area contributed by atoms with Crippen molar-refractivity contribution in [2.24, 2.45) is 0 Å². The smallest absolute Gasteiger partial charge is 0.348 e. The molecule has 4 aromatic rings. The summed E-state index contributed by atoms with van der Waals surface area (Å²) in [6.07, 6.45) is -5.24. The van der Waals surface area contributed by atoms with Crippen molar-refractivity contribution >= 4 is 22.5 Å². The van der Waals surface area contributed by atoms with Crippen LogP contribution in [0.5, 0.6) is 0 Å². The topological polar surface area (TPSA) is 49.3 Å². The summed E-state index contributed by atoms with van der Waals surface area (Å²) in [5, 5.41) is 10.6. The molecule has 0 spiro atoms. The monoisotopic (exact) mass is 526 g/mol. The van der Waals surface area contributed by atoms with E-state index in [1.807, 2.05) is 36.1 Å². The van der Waals surface area contributed by atoms with E-state index in [9.17, 15) is 26.7 Å². The maximum absolute atomic E-state index is 13.4. The van der Waals surface area contributed by atoms with Crippen LogP contribution in [0.4, 0.5) is 27.8 Å². The summed E-state index contributed by atoms with van der Waals surface area (Å²) in [5.41, 5.74) is -0.0533. The number of amides is 1. The van der Waals surface area contributed by atoms with Gasteiger partial charge in [0, 0.05) is 42.0 Å². The highest BCUT2D eigenvalue weighted by molar-refractivity contribution is 6.00. The maximum Gasteiger partial charge on any atom is 0.416 e. The molecule has 1 aliphatic rings. The first-order valence-corrected chi connectivity index (χ1v) is 12.0. The molecule has 38 heavy (non-hydrogen) atoms. The fourth-order valence-corrected chi connectivity index (χ4v) is 4.86. The van der Waals surface area contributed by atoms with Crippen molar-refractivity contribution in [1.29, 1.82) is 0 Å². The first-order chi connectivity index (χ1) is 18.1. The number of carbonyl (C=O) groups is 1. The zero-order valence-corrected chi connectivity index (χ0v) is 20.3. The van der Waals surface area contributed by atoms with Crippen LogP contribution in [0.1, 0.15) is 18.1 Å². The average molecular weight is 527 g/mol. The Kier molecular flexibility index (Phi) is 6.73. The zero-order valence-electron chi connectivity index (χ0n) is 20.3. The largest absolute Gasteiger partial charge is 0.416 e. The molecule has 1 aromatic heterocycles. The molecule has 1 aliphatic heterocycles. The Hall–Kier alpha value is -4.08. The number of rotatable bonds is 4. The quantitative estimate of drug-likeness (QED) is 0.312. The minimum Gasteiger partial charge on any atom is -0.348 e. The molecule has 0 N–H and O–H groups in total. The number of hydrogen-bond acceptors (Lipinski definition) is 4. The third kappa shape index (κ3) is 5.03. The summed E-state index contributed by atoms with van der Waals surface area (Å²) in [6, 6.07) is 15.8. The standard InChI is InChI=1S/C28H23F5N4O/c1-17-16-36(25(38)14-19-8-11-21(30)15-24(19)28(31,32)33)12-13-37(17)27-23-5-3-2-4-22(23)26(34-35-27)18-6-9-20(29)10-7-18/h2-11,15,17H,12-14,16H2,1H3/t17-/m0/s1. The molecule has 5 rings (SSSR count). The van der Waals surface area contributed by atoms with Crippen LogP contribution in [0.25, 0.3) is 22.0 Å². The van der Waals surface area contributed by atoms with Crippen LogP contribution in [-0.2, 0) is 17.4 Å². The molecule has 3 aromatic carbocycles. The number of anilines is 1. The fraction of sp³-hybridized carbons (Fsp3) is 0.250. The molecular formula is C28H23F5N4O. The van der Waals surface area contributed by atoms with Gasteiger partial charge in [-0.3, -0.25) is 4.79 Å². The van der Waals surface area contributed by atoms with Crippen LogP contribution in [0.3, 0.4) is 0 Å². The summed E-state index contributed by atoms with van der Waals surface area (Å²) >= 11 is 0. The van der Waals surface area contributed by atoms with Crippen molar-refractivity contribution in [3.05, 3.63) is 89.5 Å². The Morgan fingerprint density at radius 1 is 0.921 bits per heavy atom. The third-order valence-corrected chi connectivity index (χ3v) is 6.76. The summed E-state index contributed by atoms with van der Waals surface area (Å²) in [5.74, 6) is -1.19. The van der Waals surface area contributed by atoms with E-state index in [1.165, 1.54) is 17.0 Å². The Morgan fingerprint density at radius 2 is 1.61 bits per heavy atom. The van der Waals surface area contributed by atoms with Gasteiger partial charge < -0.3 is 9.80 Å². The number of aromatic nitrogens is 2. The molecule has 1 amide bonds. The van der Waals surface area contributed by atoms with E-state index in [1.54, 1.807) is 12.1 Å². The van der Waals surface area contributed by atoms with Crippen molar-refractivity contribution in [3.8, 4) is 11.3 Å². The number of benzene rings is 3. The van der Waals surface area contributed by atoms with E-state index in [0.29, 0.717) is 24.1 Å². The Morgan fingerprint density at radius 3 is 2.29 bits per heavy atom. The molecule has 1 fully saturated rings. The summed E-state index contributed by atoms with van der Waals surface area (Å²) in [4.78, 5) is 16.5. The molecule has 0 bridgehead atoms. The highest BCUT2D eigenvalue weighted by Crippen LogP contribution is 2.34. The van der Waals surface area contributed by atoms with E-state index < -0.39 is 29.9 Å². The third-order valence-electron chi connectivity index (χ3n) is 6.76. The van der Waals surface area contributed by atoms with Crippen molar-refractivity contribution in [2.45, 2.75) is 25.6 Å². The van der Waals surface area contributed by atoms with Gasteiger partial charge >= 0.3 is 6.18 Å². The number of hydrogen-bond donors (Lipinski definition) is 0. The molecular weight excluding hydrogens is 503 g/mol. The lowest BCUT2D eigenvalue weighted by atomic mass is 10.0. The van der Waals surface area contributed by atoms with Gasteiger partial charge in [0.2, 0.25) is 5.91 Å². The molecule has 10 heteroatoms. The SMILES string of the molecule is C[C@H]1CN(C(=O)Cc2ccc(F)cc2C(F)(F)F)CCN1c1nnc(-c2ccc(F)cc2)c2ccccc12. The van der Waals surface area contributed by atoms with Gasteiger partial charge in [0.15, 0.2) is 5.82 Å². The lowest BCUT2D eigenvalue weighted by Gasteiger charge is -2.41. The van der Waals surface area contributed by atoms with Crippen molar-refractivity contribution < 1.29 is 26.7 Å². The van der Waals surface area contributed by atoms with Gasteiger partial charge in [0.05, 0.1) is 12.0 Å². The zero-order chi connectivity index (χ0) is 27.0. The van der Waals surface area contributed by atoms with E-state index in [2.05, 4.69) is 10.2 Å².